The smallest absolute Gasteiger partial charge is 0.387 e. The molecule has 1 saturated heterocycles. The molecule has 0 bridgehead atoms. The van der Waals surface area contributed by atoms with E-state index in [1.165, 1.54) is 6.07 Å². The van der Waals surface area contributed by atoms with E-state index in [0.717, 1.165) is 33.7 Å². The Bertz CT molecular complexity index is 1350. The summed E-state index contributed by atoms with van der Waals surface area (Å²) in [6, 6.07) is 16.1. The first-order valence-electron chi connectivity index (χ1n) is 11.6. The first kappa shape index (κ1) is 24.0. The second kappa shape index (κ2) is 10.5. The number of hydrogen-bond donors (Lipinski definition) is 1. The van der Waals surface area contributed by atoms with Crippen LogP contribution in [0.15, 0.2) is 60.9 Å². The van der Waals surface area contributed by atoms with Gasteiger partial charge in [0.2, 0.25) is 5.91 Å². The standard InChI is InChI=1S/C26H24ClF2N5O2/c27-19-7-5-18(6-8-19)22-15-21-24(32-22)30-16-31-25(21)34-12-10-33(11-13-34)23(35)9-4-17-2-1-3-20(14-17)36-26(28)29/h1-3,5-8,14-16,26H,4,9-13H2,(H,30,31,32). The first-order valence-corrected chi connectivity index (χ1v) is 12.0. The molecule has 2 aromatic heterocycles. The number of amides is 1. The molecule has 186 valence electrons. The average molecular weight is 512 g/mol. The number of ether oxygens (including phenoxy) is 1. The van der Waals surface area contributed by atoms with Crippen LogP contribution in [-0.4, -0.2) is 58.5 Å². The van der Waals surface area contributed by atoms with Crippen LogP contribution < -0.4 is 9.64 Å². The fraction of sp³-hybridized carbons (Fsp3) is 0.269. The SMILES string of the molecule is O=C(CCc1cccc(OC(F)F)c1)N1CCN(c2ncnc3[nH]c(-c4ccc(Cl)cc4)cc23)CC1. The van der Waals surface area contributed by atoms with Crippen LogP contribution in [0.25, 0.3) is 22.3 Å². The Morgan fingerprint density at radius 2 is 1.83 bits per heavy atom. The molecular weight excluding hydrogens is 488 g/mol. The zero-order chi connectivity index (χ0) is 25.1. The molecule has 7 nitrogen and oxygen atoms in total. The number of aromatic amines is 1. The number of carbonyl (C=O) groups is 1. The molecule has 1 fully saturated rings. The lowest BCUT2D eigenvalue weighted by Crippen LogP contribution is -2.49. The molecule has 0 atom stereocenters. The molecule has 0 radical (unpaired) electrons. The summed E-state index contributed by atoms with van der Waals surface area (Å²) in [5.41, 5.74) is 3.47. The molecule has 0 aliphatic carbocycles. The zero-order valence-electron chi connectivity index (χ0n) is 19.3. The minimum atomic E-state index is -2.87. The molecule has 0 unspecified atom stereocenters. The lowest BCUT2D eigenvalue weighted by atomic mass is 10.1. The number of carbonyl (C=O) groups excluding carboxylic acids is 1. The highest BCUT2D eigenvalue weighted by molar-refractivity contribution is 6.30. The number of H-pyrrole nitrogens is 1. The Kier molecular flexibility index (Phi) is 6.99. The molecule has 1 amide bonds. The molecule has 1 N–H and O–H groups in total. The number of halogens is 3. The van der Waals surface area contributed by atoms with Gasteiger partial charge in [-0.05, 0) is 47.9 Å². The van der Waals surface area contributed by atoms with E-state index < -0.39 is 6.61 Å². The third kappa shape index (κ3) is 5.41. The molecule has 1 aliphatic rings. The number of anilines is 1. The highest BCUT2D eigenvalue weighted by atomic mass is 35.5. The highest BCUT2D eigenvalue weighted by Gasteiger charge is 2.23. The molecule has 0 spiro atoms. The number of benzene rings is 2. The third-order valence-corrected chi connectivity index (χ3v) is 6.49. The molecule has 5 rings (SSSR count). The van der Waals surface area contributed by atoms with Gasteiger partial charge in [0, 0.05) is 43.3 Å². The Morgan fingerprint density at radius 1 is 1.06 bits per heavy atom. The summed E-state index contributed by atoms with van der Waals surface area (Å²) < 4.78 is 29.3. The van der Waals surface area contributed by atoms with E-state index in [9.17, 15) is 13.6 Å². The van der Waals surface area contributed by atoms with Gasteiger partial charge in [-0.3, -0.25) is 4.79 Å². The van der Waals surface area contributed by atoms with Crippen LogP contribution in [0.3, 0.4) is 0 Å². The van der Waals surface area contributed by atoms with Gasteiger partial charge in [0.05, 0.1) is 5.39 Å². The fourth-order valence-corrected chi connectivity index (χ4v) is 4.54. The van der Waals surface area contributed by atoms with Gasteiger partial charge in [-0.2, -0.15) is 8.78 Å². The maximum atomic E-state index is 12.8. The Morgan fingerprint density at radius 3 is 2.58 bits per heavy atom. The summed E-state index contributed by atoms with van der Waals surface area (Å²) in [5, 5.41) is 1.60. The maximum Gasteiger partial charge on any atom is 0.387 e. The lowest BCUT2D eigenvalue weighted by molar-refractivity contribution is -0.131. The summed E-state index contributed by atoms with van der Waals surface area (Å²) in [7, 11) is 0. The molecule has 0 saturated carbocycles. The van der Waals surface area contributed by atoms with E-state index in [1.807, 2.05) is 35.2 Å². The minimum absolute atomic E-state index is 0.0364. The summed E-state index contributed by atoms with van der Waals surface area (Å²) in [5.74, 6) is 0.970. The number of rotatable bonds is 7. The van der Waals surface area contributed by atoms with E-state index in [4.69, 9.17) is 11.6 Å². The van der Waals surface area contributed by atoms with E-state index in [-0.39, 0.29) is 11.7 Å². The van der Waals surface area contributed by atoms with Gasteiger partial charge in [-0.25, -0.2) is 9.97 Å². The number of aromatic nitrogens is 3. The molecule has 10 heteroatoms. The van der Waals surface area contributed by atoms with Gasteiger partial charge >= 0.3 is 6.61 Å². The van der Waals surface area contributed by atoms with Crippen molar-refractivity contribution in [3.63, 3.8) is 0 Å². The molecular formula is C26H24ClF2N5O2. The average Bonchev–Trinajstić information content (AvgIpc) is 3.32. The first-order chi connectivity index (χ1) is 17.5. The van der Waals surface area contributed by atoms with Gasteiger partial charge in [-0.1, -0.05) is 35.9 Å². The van der Waals surface area contributed by atoms with Crippen molar-refractivity contribution in [2.75, 3.05) is 31.1 Å². The monoisotopic (exact) mass is 511 g/mol. The number of aryl methyl sites for hydroxylation is 1. The Labute approximate surface area is 211 Å². The van der Waals surface area contributed by atoms with Gasteiger partial charge in [0.1, 0.15) is 23.5 Å². The molecule has 3 heterocycles. The number of nitrogens with one attached hydrogen (secondary N) is 1. The van der Waals surface area contributed by atoms with Crippen LogP contribution in [0.5, 0.6) is 5.75 Å². The Hall–Kier alpha value is -3.72. The number of hydrogen-bond acceptors (Lipinski definition) is 5. The number of alkyl halides is 2. The Balaban J connectivity index is 1.21. The molecule has 4 aromatic rings. The minimum Gasteiger partial charge on any atom is -0.435 e. The molecule has 36 heavy (non-hydrogen) atoms. The predicted molar refractivity (Wildman–Crippen MR) is 135 cm³/mol. The van der Waals surface area contributed by atoms with E-state index in [1.54, 1.807) is 24.5 Å². The van der Waals surface area contributed by atoms with Gasteiger partial charge < -0.3 is 19.5 Å². The van der Waals surface area contributed by atoms with Crippen LogP contribution in [0.4, 0.5) is 14.6 Å². The molecule has 1 aliphatic heterocycles. The van der Waals surface area contributed by atoms with Crippen molar-refractivity contribution in [2.24, 2.45) is 0 Å². The van der Waals surface area contributed by atoms with Crippen molar-refractivity contribution in [1.29, 1.82) is 0 Å². The van der Waals surface area contributed by atoms with Crippen LogP contribution in [0.1, 0.15) is 12.0 Å². The summed E-state index contributed by atoms with van der Waals surface area (Å²) in [6.07, 6.45) is 2.31. The second-order valence-electron chi connectivity index (χ2n) is 8.54. The van der Waals surface area contributed by atoms with E-state index >= 15 is 0 Å². The number of piperazine rings is 1. The van der Waals surface area contributed by atoms with Crippen LogP contribution in [0, 0.1) is 0 Å². The highest BCUT2D eigenvalue weighted by Crippen LogP contribution is 2.30. The quantitative estimate of drug-likeness (QED) is 0.371. The van der Waals surface area contributed by atoms with Gasteiger partial charge in [0.15, 0.2) is 0 Å². The van der Waals surface area contributed by atoms with E-state index in [0.29, 0.717) is 44.0 Å². The van der Waals surface area contributed by atoms with Crippen molar-refractivity contribution in [3.8, 4) is 17.0 Å². The third-order valence-electron chi connectivity index (χ3n) is 6.24. The van der Waals surface area contributed by atoms with Gasteiger partial charge in [-0.15, -0.1) is 0 Å². The van der Waals surface area contributed by atoms with Crippen LogP contribution >= 0.6 is 11.6 Å². The summed E-state index contributed by atoms with van der Waals surface area (Å²) >= 11 is 6.02. The lowest BCUT2D eigenvalue weighted by Gasteiger charge is -2.35. The largest absolute Gasteiger partial charge is 0.435 e. The number of fused-ring (bicyclic) bond motifs is 1. The topological polar surface area (TPSA) is 74.3 Å². The van der Waals surface area contributed by atoms with Crippen molar-refractivity contribution < 1.29 is 18.3 Å². The van der Waals surface area contributed by atoms with Crippen molar-refractivity contribution in [2.45, 2.75) is 19.5 Å². The van der Waals surface area contributed by atoms with Crippen molar-refractivity contribution in [3.05, 3.63) is 71.5 Å². The second-order valence-corrected chi connectivity index (χ2v) is 8.98. The van der Waals surface area contributed by atoms with Crippen LogP contribution in [0.2, 0.25) is 5.02 Å². The van der Waals surface area contributed by atoms with Crippen molar-refractivity contribution >= 4 is 34.4 Å². The van der Waals surface area contributed by atoms with E-state index in [2.05, 4.69) is 24.6 Å². The normalized spacial score (nSPS) is 14.0. The maximum absolute atomic E-state index is 12.8. The number of nitrogens with zero attached hydrogens (tertiary/aromatic N) is 4. The van der Waals surface area contributed by atoms with Crippen LogP contribution in [-0.2, 0) is 11.2 Å². The molecule has 2 aromatic carbocycles. The summed E-state index contributed by atoms with van der Waals surface area (Å²) in [4.78, 5) is 29.1. The zero-order valence-corrected chi connectivity index (χ0v) is 20.1. The van der Waals surface area contributed by atoms with Gasteiger partial charge in [0.25, 0.3) is 0 Å². The van der Waals surface area contributed by atoms with Crippen molar-refractivity contribution in [1.82, 2.24) is 19.9 Å². The summed E-state index contributed by atoms with van der Waals surface area (Å²) in [6.45, 7) is -0.418. The predicted octanol–water partition coefficient (Wildman–Crippen LogP) is 5.16. The fourth-order valence-electron chi connectivity index (χ4n) is 4.42.